The molecule has 1 aromatic heterocycles. The standard InChI is InChI=1S/C12H15N3O2/c1-2-5-14-11(16)10-8-17-12(15-10)9-4-3-6-13-7-9/h1,8-9,13H,3-7H2,(H,14,16). The number of hydrogen-bond donors (Lipinski definition) is 2. The first-order valence-electron chi connectivity index (χ1n) is 5.69. The molecule has 1 atom stereocenters. The first-order chi connectivity index (χ1) is 8.31. The Kier molecular flexibility index (Phi) is 3.78. The van der Waals surface area contributed by atoms with Gasteiger partial charge in [-0.25, -0.2) is 4.98 Å². The largest absolute Gasteiger partial charge is 0.448 e. The van der Waals surface area contributed by atoms with Gasteiger partial charge in [0.1, 0.15) is 6.26 Å². The van der Waals surface area contributed by atoms with Crippen LogP contribution in [0.4, 0.5) is 0 Å². The van der Waals surface area contributed by atoms with E-state index in [2.05, 4.69) is 21.5 Å². The third kappa shape index (κ3) is 2.86. The van der Waals surface area contributed by atoms with Crippen molar-refractivity contribution in [1.82, 2.24) is 15.6 Å². The summed E-state index contributed by atoms with van der Waals surface area (Å²) in [6.45, 7) is 2.09. The third-order valence-electron chi connectivity index (χ3n) is 2.75. The Bertz CT molecular complexity index is 427. The lowest BCUT2D eigenvalue weighted by Gasteiger charge is -2.19. The summed E-state index contributed by atoms with van der Waals surface area (Å²) in [7, 11) is 0. The fourth-order valence-electron chi connectivity index (χ4n) is 1.86. The molecule has 1 unspecified atom stereocenters. The summed E-state index contributed by atoms with van der Waals surface area (Å²) < 4.78 is 5.34. The van der Waals surface area contributed by atoms with E-state index in [9.17, 15) is 4.79 Å². The molecule has 1 aliphatic rings. The van der Waals surface area contributed by atoms with E-state index in [0.717, 1.165) is 25.9 Å². The maximum atomic E-state index is 11.6. The van der Waals surface area contributed by atoms with Crippen LogP contribution in [0, 0.1) is 12.3 Å². The van der Waals surface area contributed by atoms with Crippen LogP contribution in [-0.2, 0) is 0 Å². The van der Waals surface area contributed by atoms with E-state index in [1.807, 2.05) is 0 Å². The van der Waals surface area contributed by atoms with Gasteiger partial charge in [0, 0.05) is 12.5 Å². The number of nitrogens with one attached hydrogen (secondary N) is 2. The fraction of sp³-hybridized carbons (Fsp3) is 0.500. The molecule has 1 aliphatic heterocycles. The molecular formula is C12H15N3O2. The Morgan fingerprint density at radius 1 is 1.76 bits per heavy atom. The SMILES string of the molecule is C#CCNC(=O)c1coc(C2CCCNC2)n1. The van der Waals surface area contributed by atoms with E-state index in [1.54, 1.807) is 0 Å². The van der Waals surface area contributed by atoms with Gasteiger partial charge in [0.05, 0.1) is 6.54 Å². The number of carbonyl (C=O) groups excluding carboxylic acids is 1. The first kappa shape index (κ1) is 11.7. The average molecular weight is 233 g/mol. The summed E-state index contributed by atoms with van der Waals surface area (Å²) in [5, 5.41) is 5.83. The minimum atomic E-state index is -0.290. The Morgan fingerprint density at radius 2 is 2.65 bits per heavy atom. The van der Waals surface area contributed by atoms with E-state index in [-0.39, 0.29) is 18.4 Å². The lowest BCUT2D eigenvalue weighted by Crippen LogP contribution is -2.28. The monoisotopic (exact) mass is 233 g/mol. The molecule has 0 aromatic carbocycles. The topological polar surface area (TPSA) is 67.2 Å². The van der Waals surface area contributed by atoms with Gasteiger partial charge in [-0.15, -0.1) is 6.42 Å². The van der Waals surface area contributed by atoms with Crippen LogP contribution in [0.1, 0.15) is 35.1 Å². The quantitative estimate of drug-likeness (QED) is 0.746. The van der Waals surface area contributed by atoms with Gasteiger partial charge in [-0.2, -0.15) is 0 Å². The minimum absolute atomic E-state index is 0.200. The van der Waals surface area contributed by atoms with Gasteiger partial charge in [-0.1, -0.05) is 5.92 Å². The molecule has 1 fully saturated rings. The number of amides is 1. The molecule has 17 heavy (non-hydrogen) atoms. The molecule has 0 radical (unpaired) electrons. The zero-order chi connectivity index (χ0) is 12.1. The third-order valence-corrected chi connectivity index (χ3v) is 2.75. The van der Waals surface area contributed by atoms with Crippen LogP contribution in [0.25, 0.3) is 0 Å². The van der Waals surface area contributed by atoms with E-state index in [4.69, 9.17) is 10.8 Å². The van der Waals surface area contributed by atoms with Gasteiger partial charge >= 0.3 is 0 Å². The highest BCUT2D eigenvalue weighted by atomic mass is 16.3. The van der Waals surface area contributed by atoms with Crippen LogP contribution < -0.4 is 10.6 Å². The smallest absolute Gasteiger partial charge is 0.273 e. The lowest BCUT2D eigenvalue weighted by atomic mass is 10.00. The van der Waals surface area contributed by atoms with Gasteiger partial charge in [0.25, 0.3) is 5.91 Å². The zero-order valence-corrected chi connectivity index (χ0v) is 9.53. The summed E-state index contributed by atoms with van der Waals surface area (Å²) >= 11 is 0. The summed E-state index contributed by atoms with van der Waals surface area (Å²) in [5.74, 6) is 2.94. The number of hydrogen-bond acceptors (Lipinski definition) is 4. The van der Waals surface area contributed by atoms with Crippen molar-refractivity contribution >= 4 is 5.91 Å². The lowest BCUT2D eigenvalue weighted by molar-refractivity contribution is 0.0953. The van der Waals surface area contributed by atoms with Crippen molar-refractivity contribution in [3.63, 3.8) is 0 Å². The molecule has 0 spiro atoms. The molecule has 2 N–H and O–H groups in total. The molecule has 5 nitrogen and oxygen atoms in total. The Labute approximate surface area is 100.0 Å². The maximum Gasteiger partial charge on any atom is 0.273 e. The van der Waals surface area contributed by atoms with E-state index in [1.165, 1.54) is 6.26 Å². The minimum Gasteiger partial charge on any atom is -0.448 e. The van der Waals surface area contributed by atoms with Crippen molar-refractivity contribution in [1.29, 1.82) is 0 Å². The maximum absolute atomic E-state index is 11.6. The number of oxazole rings is 1. The number of carbonyl (C=O) groups is 1. The Hall–Kier alpha value is -1.80. The number of piperidine rings is 1. The van der Waals surface area contributed by atoms with Crippen molar-refractivity contribution in [2.24, 2.45) is 0 Å². The number of rotatable bonds is 3. The second kappa shape index (κ2) is 5.51. The van der Waals surface area contributed by atoms with Crippen molar-refractivity contribution in [2.75, 3.05) is 19.6 Å². The molecule has 1 amide bonds. The van der Waals surface area contributed by atoms with Crippen LogP contribution in [0.5, 0.6) is 0 Å². The second-order valence-corrected chi connectivity index (χ2v) is 4.00. The molecule has 0 bridgehead atoms. The highest BCUT2D eigenvalue weighted by molar-refractivity contribution is 5.92. The van der Waals surface area contributed by atoms with Crippen molar-refractivity contribution in [3.05, 3.63) is 17.8 Å². The van der Waals surface area contributed by atoms with E-state index < -0.39 is 0 Å². The molecule has 2 rings (SSSR count). The summed E-state index contributed by atoms with van der Waals surface area (Å²) in [6.07, 6.45) is 8.59. The summed E-state index contributed by atoms with van der Waals surface area (Å²) in [6, 6.07) is 0. The molecule has 2 heterocycles. The number of aromatic nitrogens is 1. The van der Waals surface area contributed by atoms with E-state index >= 15 is 0 Å². The van der Waals surface area contributed by atoms with Crippen molar-refractivity contribution in [2.45, 2.75) is 18.8 Å². The van der Waals surface area contributed by atoms with Gasteiger partial charge in [0.2, 0.25) is 0 Å². The van der Waals surface area contributed by atoms with Gasteiger partial charge in [-0.3, -0.25) is 4.79 Å². The van der Waals surface area contributed by atoms with E-state index in [0.29, 0.717) is 11.6 Å². The number of terminal acetylenes is 1. The van der Waals surface area contributed by atoms with Crippen LogP contribution in [0.15, 0.2) is 10.7 Å². The van der Waals surface area contributed by atoms with Gasteiger partial charge in [0.15, 0.2) is 11.6 Å². The molecule has 1 aromatic rings. The average Bonchev–Trinajstić information content (AvgIpc) is 2.86. The van der Waals surface area contributed by atoms with Crippen LogP contribution >= 0.6 is 0 Å². The Morgan fingerprint density at radius 3 is 3.35 bits per heavy atom. The van der Waals surface area contributed by atoms with Crippen LogP contribution in [0.3, 0.4) is 0 Å². The predicted octanol–water partition coefficient (Wildman–Crippen LogP) is 0.505. The molecule has 0 aliphatic carbocycles. The number of nitrogens with zero attached hydrogens (tertiary/aromatic N) is 1. The highest BCUT2D eigenvalue weighted by Crippen LogP contribution is 2.22. The van der Waals surface area contributed by atoms with Crippen molar-refractivity contribution < 1.29 is 9.21 Å². The van der Waals surface area contributed by atoms with Crippen molar-refractivity contribution in [3.8, 4) is 12.3 Å². The highest BCUT2D eigenvalue weighted by Gasteiger charge is 2.21. The molecule has 1 saturated heterocycles. The molecular weight excluding hydrogens is 218 g/mol. The molecule has 90 valence electrons. The van der Waals surface area contributed by atoms with Gasteiger partial charge in [-0.05, 0) is 19.4 Å². The van der Waals surface area contributed by atoms with Gasteiger partial charge < -0.3 is 15.1 Å². The second-order valence-electron chi connectivity index (χ2n) is 4.00. The summed E-state index contributed by atoms with van der Waals surface area (Å²) in [4.78, 5) is 15.8. The fourth-order valence-corrected chi connectivity index (χ4v) is 1.86. The predicted molar refractivity (Wildman–Crippen MR) is 62.5 cm³/mol. The molecule has 0 saturated carbocycles. The van der Waals surface area contributed by atoms with Crippen LogP contribution in [-0.4, -0.2) is 30.5 Å². The molecule has 5 heteroatoms. The first-order valence-corrected chi connectivity index (χ1v) is 5.69. The van der Waals surface area contributed by atoms with Crippen LogP contribution in [0.2, 0.25) is 0 Å². The summed E-state index contributed by atoms with van der Waals surface area (Å²) in [5.41, 5.74) is 0.292. The zero-order valence-electron chi connectivity index (χ0n) is 9.53. The Balaban J connectivity index is 2.00. The normalized spacial score (nSPS) is 19.6.